The normalized spacial score (nSPS) is 16.2. The molecule has 2 amide bonds. The largest absolute Gasteiger partial charge is 0.479 e. The highest BCUT2D eigenvalue weighted by molar-refractivity contribution is 5.97. The minimum atomic E-state index is -0.787. The summed E-state index contributed by atoms with van der Waals surface area (Å²) in [5.41, 5.74) is -0.417. The summed E-state index contributed by atoms with van der Waals surface area (Å²) in [6, 6.07) is 0. The van der Waals surface area contributed by atoms with E-state index in [1.165, 1.54) is 11.8 Å². The number of carbonyl (C=O) groups excluding carboxylic acids is 2. The SMILES string of the molecule is COc1nn(C)cc1C(=O)N1CC(CO)(NC(=O)C(C(C)C)C(C)C)C1. The Morgan fingerprint density at radius 2 is 1.88 bits per heavy atom. The highest BCUT2D eigenvalue weighted by atomic mass is 16.5. The minimum absolute atomic E-state index is 0.0740. The maximum Gasteiger partial charge on any atom is 0.261 e. The van der Waals surface area contributed by atoms with Gasteiger partial charge in [0.25, 0.3) is 5.91 Å². The molecule has 1 saturated heterocycles. The fourth-order valence-electron chi connectivity index (χ4n) is 3.70. The number of aromatic nitrogens is 2. The fraction of sp³-hybridized carbons (Fsp3) is 0.722. The third-order valence-corrected chi connectivity index (χ3v) is 4.92. The molecule has 0 unspecified atom stereocenters. The van der Waals surface area contributed by atoms with Crippen molar-refractivity contribution >= 4 is 11.8 Å². The van der Waals surface area contributed by atoms with Crippen LogP contribution in [0.2, 0.25) is 0 Å². The van der Waals surface area contributed by atoms with Gasteiger partial charge >= 0.3 is 0 Å². The molecule has 0 radical (unpaired) electrons. The van der Waals surface area contributed by atoms with Crippen LogP contribution in [0.15, 0.2) is 6.20 Å². The second-order valence-corrected chi connectivity index (χ2v) is 7.83. The molecule has 0 bridgehead atoms. The number of aryl methyl sites for hydroxylation is 1. The van der Waals surface area contributed by atoms with E-state index < -0.39 is 5.54 Å². The molecule has 8 heteroatoms. The lowest BCUT2D eigenvalue weighted by molar-refractivity contribution is -0.133. The summed E-state index contributed by atoms with van der Waals surface area (Å²) in [4.78, 5) is 26.9. The lowest BCUT2D eigenvalue weighted by Gasteiger charge is -2.50. The summed E-state index contributed by atoms with van der Waals surface area (Å²) in [5.74, 6) is 0.225. The average Bonchev–Trinajstić information content (AvgIpc) is 2.90. The Morgan fingerprint density at radius 1 is 1.31 bits per heavy atom. The Morgan fingerprint density at radius 3 is 2.35 bits per heavy atom. The number of hydrogen-bond acceptors (Lipinski definition) is 5. The molecule has 1 aliphatic rings. The van der Waals surface area contributed by atoms with E-state index in [0.717, 1.165) is 0 Å². The van der Waals surface area contributed by atoms with Crippen molar-refractivity contribution in [3.05, 3.63) is 11.8 Å². The summed E-state index contributed by atoms with van der Waals surface area (Å²) in [7, 11) is 3.18. The number of aliphatic hydroxyl groups is 1. The van der Waals surface area contributed by atoms with Crippen molar-refractivity contribution in [2.45, 2.75) is 33.2 Å². The first-order valence-corrected chi connectivity index (χ1v) is 8.94. The zero-order valence-electron chi connectivity index (χ0n) is 16.4. The Labute approximate surface area is 154 Å². The van der Waals surface area contributed by atoms with Crippen LogP contribution in [0.5, 0.6) is 5.88 Å². The van der Waals surface area contributed by atoms with Crippen LogP contribution in [-0.4, -0.2) is 63.9 Å². The number of rotatable bonds is 7. The van der Waals surface area contributed by atoms with Gasteiger partial charge in [-0.15, -0.1) is 5.10 Å². The van der Waals surface area contributed by atoms with E-state index in [1.807, 2.05) is 27.7 Å². The first-order chi connectivity index (χ1) is 12.1. The average molecular weight is 366 g/mol. The standard InChI is InChI=1S/C18H30N4O4/c1-11(2)14(12(3)4)15(24)19-18(10-23)8-22(9-18)17(25)13-7-21(5)20-16(13)26-6/h7,11-12,14,23H,8-10H2,1-6H3,(H,19,24). The van der Waals surface area contributed by atoms with Crippen molar-refractivity contribution in [3.63, 3.8) is 0 Å². The second-order valence-electron chi connectivity index (χ2n) is 7.83. The molecule has 2 heterocycles. The molecule has 1 fully saturated rings. The van der Waals surface area contributed by atoms with Gasteiger partial charge in [-0.2, -0.15) is 0 Å². The lowest BCUT2D eigenvalue weighted by atomic mass is 9.82. The van der Waals surface area contributed by atoms with Gasteiger partial charge in [0, 0.05) is 32.3 Å². The number of carbonyl (C=O) groups is 2. The Bertz CT molecular complexity index is 654. The second kappa shape index (κ2) is 7.65. The zero-order valence-corrected chi connectivity index (χ0v) is 16.4. The van der Waals surface area contributed by atoms with E-state index in [9.17, 15) is 14.7 Å². The predicted octanol–water partition coefficient (Wildman–Crippen LogP) is 0.660. The molecule has 1 aromatic rings. The van der Waals surface area contributed by atoms with E-state index in [-0.39, 0.29) is 55.1 Å². The van der Waals surface area contributed by atoms with Gasteiger partial charge in [0.15, 0.2) is 0 Å². The molecule has 26 heavy (non-hydrogen) atoms. The van der Waals surface area contributed by atoms with Gasteiger partial charge in [-0.1, -0.05) is 27.7 Å². The van der Waals surface area contributed by atoms with Crippen LogP contribution in [0.3, 0.4) is 0 Å². The van der Waals surface area contributed by atoms with Crippen LogP contribution < -0.4 is 10.1 Å². The van der Waals surface area contributed by atoms with Crippen LogP contribution in [-0.2, 0) is 11.8 Å². The maximum atomic E-state index is 12.7. The molecule has 8 nitrogen and oxygen atoms in total. The van der Waals surface area contributed by atoms with Crippen molar-refractivity contribution in [3.8, 4) is 5.88 Å². The Balaban J connectivity index is 2.06. The molecular formula is C18H30N4O4. The van der Waals surface area contributed by atoms with Crippen LogP contribution in [0.4, 0.5) is 0 Å². The number of aliphatic hydroxyl groups excluding tert-OH is 1. The highest BCUT2D eigenvalue weighted by Gasteiger charge is 2.47. The molecule has 0 saturated carbocycles. The van der Waals surface area contributed by atoms with E-state index in [4.69, 9.17) is 4.74 Å². The maximum absolute atomic E-state index is 12.7. The third kappa shape index (κ3) is 3.85. The first-order valence-electron chi connectivity index (χ1n) is 8.94. The van der Waals surface area contributed by atoms with Crippen LogP contribution >= 0.6 is 0 Å². The van der Waals surface area contributed by atoms with Gasteiger partial charge in [-0.3, -0.25) is 14.3 Å². The molecule has 0 aliphatic carbocycles. The van der Waals surface area contributed by atoms with Gasteiger partial charge in [-0.25, -0.2) is 0 Å². The molecule has 1 aromatic heterocycles. The van der Waals surface area contributed by atoms with E-state index in [2.05, 4.69) is 10.4 Å². The van der Waals surface area contributed by atoms with Gasteiger partial charge in [0.1, 0.15) is 5.56 Å². The number of ether oxygens (including phenoxy) is 1. The topological polar surface area (TPSA) is 96.7 Å². The van der Waals surface area contributed by atoms with Crippen LogP contribution in [0, 0.1) is 17.8 Å². The van der Waals surface area contributed by atoms with E-state index >= 15 is 0 Å². The number of amides is 2. The number of likely N-dealkylation sites (tertiary alicyclic amines) is 1. The summed E-state index contributed by atoms with van der Waals surface area (Å²) < 4.78 is 6.65. The Kier molecular flexibility index (Phi) is 5.95. The van der Waals surface area contributed by atoms with Crippen LogP contribution in [0.25, 0.3) is 0 Å². The first kappa shape index (κ1) is 20.2. The van der Waals surface area contributed by atoms with Crippen LogP contribution in [0.1, 0.15) is 38.1 Å². The monoisotopic (exact) mass is 366 g/mol. The molecule has 2 N–H and O–H groups in total. The number of hydrogen-bond donors (Lipinski definition) is 2. The van der Waals surface area contributed by atoms with Gasteiger partial charge in [-0.05, 0) is 11.8 Å². The zero-order chi connectivity index (χ0) is 19.6. The summed E-state index contributed by atoms with van der Waals surface area (Å²) in [5, 5.41) is 16.9. The smallest absolute Gasteiger partial charge is 0.261 e. The summed E-state index contributed by atoms with van der Waals surface area (Å²) in [6.07, 6.45) is 1.60. The fourth-order valence-corrected chi connectivity index (χ4v) is 3.70. The van der Waals surface area contributed by atoms with Crippen molar-refractivity contribution in [2.24, 2.45) is 24.8 Å². The number of methoxy groups -OCH3 is 1. The summed E-state index contributed by atoms with van der Waals surface area (Å²) in [6.45, 7) is 8.37. The van der Waals surface area contributed by atoms with E-state index in [0.29, 0.717) is 5.56 Å². The predicted molar refractivity (Wildman–Crippen MR) is 96.8 cm³/mol. The Hall–Kier alpha value is -2.09. The van der Waals surface area contributed by atoms with Gasteiger partial charge in [0.05, 0.1) is 19.3 Å². The number of nitrogens with one attached hydrogen (secondary N) is 1. The molecular weight excluding hydrogens is 336 g/mol. The lowest BCUT2D eigenvalue weighted by Crippen LogP contribution is -2.73. The highest BCUT2D eigenvalue weighted by Crippen LogP contribution is 2.28. The van der Waals surface area contributed by atoms with Gasteiger partial charge < -0.3 is 20.1 Å². The van der Waals surface area contributed by atoms with Crippen molar-refractivity contribution in [1.82, 2.24) is 20.0 Å². The molecule has 1 aliphatic heterocycles. The number of nitrogens with zero attached hydrogens (tertiary/aromatic N) is 3. The van der Waals surface area contributed by atoms with E-state index in [1.54, 1.807) is 18.1 Å². The quantitative estimate of drug-likeness (QED) is 0.739. The van der Waals surface area contributed by atoms with Crippen molar-refractivity contribution in [2.75, 3.05) is 26.8 Å². The minimum Gasteiger partial charge on any atom is -0.479 e. The molecule has 0 spiro atoms. The third-order valence-electron chi connectivity index (χ3n) is 4.92. The van der Waals surface area contributed by atoms with Crippen molar-refractivity contribution < 1.29 is 19.4 Å². The molecule has 146 valence electrons. The molecule has 0 atom stereocenters. The molecule has 2 rings (SSSR count). The summed E-state index contributed by atoms with van der Waals surface area (Å²) >= 11 is 0. The van der Waals surface area contributed by atoms with Crippen molar-refractivity contribution in [1.29, 1.82) is 0 Å². The van der Waals surface area contributed by atoms with Gasteiger partial charge in [0.2, 0.25) is 11.8 Å². The molecule has 0 aromatic carbocycles.